The van der Waals surface area contributed by atoms with E-state index in [2.05, 4.69) is 31.8 Å². The summed E-state index contributed by atoms with van der Waals surface area (Å²) in [5.41, 5.74) is 5.13. The molecule has 3 aromatic rings. The van der Waals surface area contributed by atoms with Crippen LogP contribution in [0.2, 0.25) is 0 Å². The van der Waals surface area contributed by atoms with Gasteiger partial charge in [-0.25, -0.2) is 10.4 Å². The van der Waals surface area contributed by atoms with Gasteiger partial charge in [-0.3, -0.25) is 4.79 Å². The highest BCUT2D eigenvalue weighted by molar-refractivity contribution is 7.20. The molecule has 2 aromatic heterocycles. The molecule has 3 heterocycles. The van der Waals surface area contributed by atoms with E-state index in [4.69, 9.17) is 9.72 Å². The standard InChI is InChI=1S/C22H24N6O2S/c1-14-3-2-4-15(11-14)13-23-27-22-25-19(28-7-9-30-10-8-28)17-12-18(31-21(17)26-22)20(29)24-16-5-6-16/h2-4,11-13,16H,5-10H2,1H3,(H,24,29)(H,25,26,27)/b23-13+. The van der Waals surface area contributed by atoms with E-state index >= 15 is 0 Å². The van der Waals surface area contributed by atoms with Crippen molar-refractivity contribution in [2.45, 2.75) is 25.8 Å². The number of hydrazone groups is 1. The first kappa shape index (κ1) is 19.9. The Balaban J connectivity index is 1.45. The molecule has 0 spiro atoms. The van der Waals surface area contributed by atoms with Gasteiger partial charge in [-0.05, 0) is 31.4 Å². The van der Waals surface area contributed by atoms with E-state index in [0.717, 1.165) is 47.5 Å². The largest absolute Gasteiger partial charge is 0.378 e. The number of benzene rings is 1. The Morgan fingerprint density at radius 2 is 2.10 bits per heavy atom. The highest BCUT2D eigenvalue weighted by Gasteiger charge is 2.26. The number of amides is 1. The summed E-state index contributed by atoms with van der Waals surface area (Å²) in [6.45, 7) is 4.84. The lowest BCUT2D eigenvalue weighted by atomic mass is 10.2. The molecule has 5 rings (SSSR count). The second-order valence-electron chi connectivity index (χ2n) is 7.83. The molecule has 8 nitrogen and oxygen atoms in total. The summed E-state index contributed by atoms with van der Waals surface area (Å²) in [5, 5.41) is 8.26. The molecule has 2 aliphatic rings. The van der Waals surface area contributed by atoms with Crippen molar-refractivity contribution in [3.63, 3.8) is 0 Å². The number of hydrogen-bond donors (Lipinski definition) is 2. The molecule has 1 aromatic carbocycles. The fraction of sp³-hybridized carbons (Fsp3) is 0.364. The predicted octanol–water partition coefficient (Wildman–Crippen LogP) is 3.17. The molecule has 160 valence electrons. The summed E-state index contributed by atoms with van der Waals surface area (Å²) in [5.74, 6) is 1.18. The maximum absolute atomic E-state index is 12.6. The number of carbonyl (C=O) groups excluding carboxylic acids is 1. The SMILES string of the molecule is Cc1cccc(/C=N/Nc2nc(N3CCOCC3)c3cc(C(=O)NC4CC4)sc3n2)c1. The highest BCUT2D eigenvalue weighted by atomic mass is 32.1. The van der Waals surface area contributed by atoms with Crippen LogP contribution in [0.15, 0.2) is 35.4 Å². The van der Waals surface area contributed by atoms with Gasteiger partial charge in [0.25, 0.3) is 5.91 Å². The van der Waals surface area contributed by atoms with Gasteiger partial charge in [0.1, 0.15) is 10.6 Å². The lowest BCUT2D eigenvalue weighted by Gasteiger charge is -2.28. The quantitative estimate of drug-likeness (QED) is 0.456. The fourth-order valence-corrected chi connectivity index (χ4v) is 4.41. The lowest BCUT2D eigenvalue weighted by molar-refractivity contribution is 0.0955. The highest BCUT2D eigenvalue weighted by Crippen LogP contribution is 2.33. The molecule has 9 heteroatoms. The van der Waals surface area contributed by atoms with Crippen LogP contribution in [0.5, 0.6) is 0 Å². The van der Waals surface area contributed by atoms with E-state index in [0.29, 0.717) is 30.1 Å². The molecule has 1 aliphatic carbocycles. The Labute approximate surface area is 184 Å². The zero-order valence-electron chi connectivity index (χ0n) is 17.3. The van der Waals surface area contributed by atoms with Gasteiger partial charge in [0, 0.05) is 19.1 Å². The first-order valence-corrected chi connectivity index (χ1v) is 11.3. The van der Waals surface area contributed by atoms with Gasteiger partial charge in [-0.15, -0.1) is 11.3 Å². The minimum absolute atomic E-state index is 0.0367. The number of ether oxygens (including phenoxy) is 1. The number of rotatable bonds is 6. The van der Waals surface area contributed by atoms with Gasteiger partial charge in [-0.1, -0.05) is 29.8 Å². The van der Waals surface area contributed by atoms with Crippen molar-refractivity contribution in [1.29, 1.82) is 0 Å². The monoisotopic (exact) mass is 436 g/mol. The Kier molecular flexibility index (Phi) is 5.52. The summed E-state index contributed by atoms with van der Waals surface area (Å²) >= 11 is 1.39. The number of anilines is 2. The lowest BCUT2D eigenvalue weighted by Crippen LogP contribution is -2.37. The smallest absolute Gasteiger partial charge is 0.261 e. The van der Waals surface area contributed by atoms with Crippen molar-refractivity contribution in [1.82, 2.24) is 15.3 Å². The van der Waals surface area contributed by atoms with Crippen LogP contribution in [0.1, 0.15) is 33.6 Å². The van der Waals surface area contributed by atoms with E-state index in [9.17, 15) is 4.79 Å². The van der Waals surface area contributed by atoms with Crippen LogP contribution in [0.3, 0.4) is 0 Å². The third-order valence-electron chi connectivity index (χ3n) is 5.24. The third-order valence-corrected chi connectivity index (χ3v) is 6.27. The average Bonchev–Trinajstić information content (AvgIpc) is 3.48. The number of thiophene rings is 1. The van der Waals surface area contributed by atoms with E-state index in [1.165, 1.54) is 16.9 Å². The first-order valence-electron chi connectivity index (χ1n) is 10.5. The molecule has 1 amide bonds. The number of aromatic nitrogens is 2. The second kappa shape index (κ2) is 8.60. The summed E-state index contributed by atoms with van der Waals surface area (Å²) in [6.07, 6.45) is 3.86. The van der Waals surface area contributed by atoms with E-state index in [1.807, 2.05) is 31.2 Å². The predicted molar refractivity (Wildman–Crippen MR) is 123 cm³/mol. The Morgan fingerprint density at radius 3 is 2.87 bits per heavy atom. The van der Waals surface area contributed by atoms with Crippen LogP contribution >= 0.6 is 11.3 Å². The first-order chi connectivity index (χ1) is 15.2. The van der Waals surface area contributed by atoms with Crippen LogP contribution < -0.4 is 15.6 Å². The zero-order valence-corrected chi connectivity index (χ0v) is 18.1. The van der Waals surface area contributed by atoms with Gasteiger partial charge in [-0.2, -0.15) is 10.1 Å². The van der Waals surface area contributed by atoms with Crippen LogP contribution in [-0.2, 0) is 4.74 Å². The molecule has 0 bridgehead atoms. The fourth-order valence-electron chi connectivity index (χ4n) is 3.48. The number of morpholine rings is 1. The van der Waals surface area contributed by atoms with Crippen molar-refractivity contribution < 1.29 is 9.53 Å². The van der Waals surface area contributed by atoms with Gasteiger partial charge in [0.15, 0.2) is 0 Å². The average molecular weight is 437 g/mol. The molecule has 0 atom stereocenters. The number of nitrogens with zero attached hydrogens (tertiary/aromatic N) is 4. The van der Waals surface area contributed by atoms with E-state index in [1.54, 1.807) is 6.21 Å². The normalized spacial score (nSPS) is 16.7. The molecule has 31 heavy (non-hydrogen) atoms. The molecule has 2 N–H and O–H groups in total. The molecular formula is C22H24N6O2S. The van der Waals surface area contributed by atoms with Crippen LogP contribution in [-0.4, -0.2) is 54.4 Å². The minimum Gasteiger partial charge on any atom is -0.378 e. The number of nitrogens with one attached hydrogen (secondary N) is 2. The molecule has 1 saturated heterocycles. The molecule has 1 saturated carbocycles. The summed E-state index contributed by atoms with van der Waals surface area (Å²) in [6, 6.07) is 10.3. The van der Waals surface area contributed by atoms with Crippen molar-refractivity contribution in [2.24, 2.45) is 5.10 Å². The summed E-state index contributed by atoms with van der Waals surface area (Å²) < 4.78 is 5.50. The van der Waals surface area contributed by atoms with Gasteiger partial charge in [0.05, 0.1) is 29.7 Å². The van der Waals surface area contributed by atoms with Crippen molar-refractivity contribution in [3.8, 4) is 0 Å². The molecule has 0 radical (unpaired) electrons. The van der Waals surface area contributed by atoms with Crippen molar-refractivity contribution in [2.75, 3.05) is 36.6 Å². The van der Waals surface area contributed by atoms with E-state index in [-0.39, 0.29) is 5.91 Å². The Bertz CT molecular complexity index is 1130. The number of aryl methyl sites for hydroxylation is 1. The second-order valence-corrected chi connectivity index (χ2v) is 8.86. The molecule has 0 unspecified atom stereocenters. The minimum atomic E-state index is -0.0367. The van der Waals surface area contributed by atoms with Gasteiger partial charge < -0.3 is 15.0 Å². The van der Waals surface area contributed by atoms with E-state index < -0.39 is 0 Å². The topological polar surface area (TPSA) is 91.7 Å². The molecule has 2 fully saturated rings. The van der Waals surface area contributed by atoms with Crippen LogP contribution in [0, 0.1) is 6.92 Å². The Morgan fingerprint density at radius 1 is 1.26 bits per heavy atom. The zero-order chi connectivity index (χ0) is 21.2. The van der Waals surface area contributed by atoms with Crippen LogP contribution in [0.4, 0.5) is 11.8 Å². The number of carbonyl (C=O) groups is 1. The third kappa shape index (κ3) is 4.67. The number of hydrogen-bond acceptors (Lipinski definition) is 8. The van der Waals surface area contributed by atoms with Crippen LogP contribution in [0.25, 0.3) is 10.2 Å². The maximum atomic E-state index is 12.6. The summed E-state index contributed by atoms with van der Waals surface area (Å²) in [4.78, 5) is 25.5. The molecular weight excluding hydrogens is 412 g/mol. The number of fused-ring (bicyclic) bond motifs is 1. The maximum Gasteiger partial charge on any atom is 0.261 e. The Hall–Kier alpha value is -3.04. The van der Waals surface area contributed by atoms with Gasteiger partial charge >= 0.3 is 0 Å². The molecule has 1 aliphatic heterocycles. The summed E-state index contributed by atoms with van der Waals surface area (Å²) in [7, 11) is 0. The van der Waals surface area contributed by atoms with Crippen molar-refractivity contribution >= 4 is 45.4 Å². The van der Waals surface area contributed by atoms with Gasteiger partial charge in [0.2, 0.25) is 5.95 Å². The van der Waals surface area contributed by atoms with Crippen molar-refractivity contribution in [3.05, 3.63) is 46.3 Å².